The molecule has 1 amide bonds. The van der Waals surface area contributed by atoms with Gasteiger partial charge in [0, 0.05) is 12.6 Å². The Balaban J connectivity index is 3.73. The summed E-state index contributed by atoms with van der Waals surface area (Å²) in [5.41, 5.74) is 0.549. The molecule has 50 valence electrons. The zero-order valence-corrected chi connectivity index (χ0v) is 5.61. The van der Waals surface area contributed by atoms with Gasteiger partial charge in [-0.2, -0.15) is 0 Å². The SMILES string of the molecule is C=CCC(=C)C(=O)NC. The molecular weight excluding hydrogens is 114 g/mol. The number of carbonyl (C=O) groups is 1. The van der Waals surface area contributed by atoms with Crippen LogP contribution in [0.5, 0.6) is 0 Å². The lowest BCUT2D eigenvalue weighted by Crippen LogP contribution is -2.18. The van der Waals surface area contributed by atoms with Crippen LogP contribution in [0.25, 0.3) is 0 Å². The van der Waals surface area contributed by atoms with Gasteiger partial charge in [-0.05, 0) is 6.42 Å². The van der Waals surface area contributed by atoms with Crippen molar-refractivity contribution in [3.05, 3.63) is 24.8 Å². The van der Waals surface area contributed by atoms with Gasteiger partial charge in [0.05, 0.1) is 0 Å². The zero-order chi connectivity index (χ0) is 7.28. The average Bonchev–Trinajstić information content (AvgIpc) is 1.87. The fourth-order valence-electron chi connectivity index (χ4n) is 0.444. The van der Waals surface area contributed by atoms with E-state index in [-0.39, 0.29) is 5.91 Å². The number of amides is 1. The summed E-state index contributed by atoms with van der Waals surface area (Å²) in [4.78, 5) is 10.6. The highest BCUT2D eigenvalue weighted by Crippen LogP contribution is 1.96. The summed E-state index contributed by atoms with van der Waals surface area (Å²) < 4.78 is 0. The summed E-state index contributed by atoms with van der Waals surface area (Å²) in [5.74, 6) is -0.116. The standard InChI is InChI=1S/C7H11NO/c1-4-5-6(2)7(9)8-3/h4H,1-2,5H2,3H3,(H,8,9). The third kappa shape index (κ3) is 2.69. The van der Waals surface area contributed by atoms with Crippen LogP contribution in [-0.2, 0) is 4.79 Å². The van der Waals surface area contributed by atoms with E-state index in [0.29, 0.717) is 12.0 Å². The van der Waals surface area contributed by atoms with Crippen molar-refractivity contribution < 1.29 is 4.79 Å². The van der Waals surface area contributed by atoms with Crippen LogP contribution in [0, 0.1) is 0 Å². The van der Waals surface area contributed by atoms with Crippen molar-refractivity contribution in [3.8, 4) is 0 Å². The molecule has 0 aliphatic heterocycles. The molecular formula is C7H11NO. The quantitative estimate of drug-likeness (QED) is 0.440. The summed E-state index contributed by atoms with van der Waals surface area (Å²) in [7, 11) is 1.58. The van der Waals surface area contributed by atoms with Crippen LogP contribution >= 0.6 is 0 Å². The Morgan fingerprint density at radius 1 is 1.78 bits per heavy atom. The van der Waals surface area contributed by atoms with Crippen molar-refractivity contribution in [1.82, 2.24) is 5.32 Å². The summed E-state index contributed by atoms with van der Waals surface area (Å²) in [5, 5.41) is 2.46. The third-order valence-electron chi connectivity index (χ3n) is 0.939. The van der Waals surface area contributed by atoms with Crippen LogP contribution in [0.1, 0.15) is 6.42 Å². The van der Waals surface area contributed by atoms with Crippen LogP contribution in [0.15, 0.2) is 24.8 Å². The largest absolute Gasteiger partial charge is 0.355 e. The lowest BCUT2D eigenvalue weighted by atomic mass is 10.2. The molecule has 0 saturated carbocycles. The lowest BCUT2D eigenvalue weighted by Gasteiger charge is -1.97. The van der Waals surface area contributed by atoms with E-state index in [2.05, 4.69) is 18.5 Å². The van der Waals surface area contributed by atoms with Gasteiger partial charge in [0.1, 0.15) is 0 Å². The molecule has 2 nitrogen and oxygen atoms in total. The van der Waals surface area contributed by atoms with E-state index in [0.717, 1.165) is 0 Å². The van der Waals surface area contributed by atoms with Gasteiger partial charge < -0.3 is 5.32 Å². The molecule has 0 fully saturated rings. The van der Waals surface area contributed by atoms with Crippen molar-refractivity contribution in [2.45, 2.75) is 6.42 Å². The third-order valence-corrected chi connectivity index (χ3v) is 0.939. The molecule has 0 aromatic rings. The van der Waals surface area contributed by atoms with Gasteiger partial charge in [-0.3, -0.25) is 4.79 Å². The first-order valence-electron chi connectivity index (χ1n) is 2.73. The monoisotopic (exact) mass is 125 g/mol. The van der Waals surface area contributed by atoms with Crippen molar-refractivity contribution in [2.24, 2.45) is 0 Å². The Morgan fingerprint density at radius 2 is 2.33 bits per heavy atom. The molecule has 0 aliphatic rings. The van der Waals surface area contributed by atoms with E-state index >= 15 is 0 Å². The minimum atomic E-state index is -0.116. The molecule has 0 aliphatic carbocycles. The fourth-order valence-corrected chi connectivity index (χ4v) is 0.444. The first-order chi connectivity index (χ1) is 4.22. The Labute approximate surface area is 55.3 Å². The molecule has 0 atom stereocenters. The Morgan fingerprint density at radius 3 is 2.67 bits per heavy atom. The average molecular weight is 125 g/mol. The molecule has 9 heavy (non-hydrogen) atoms. The van der Waals surface area contributed by atoms with Gasteiger partial charge >= 0.3 is 0 Å². The van der Waals surface area contributed by atoms with E-state index in [1.807, 2.05) is 0 Å². The Bertz CT molecular complexity index is 138. The molecule has 0 spiro atoms. The first-order valence-corrected chi connectivity index (χ1v) is 2.73. The van der Waals surface area contributed by atoms with E-state index in [1.165, 1.54) is 0 Å². The highest BCUT2D eigenvalue weighted by atomic mass is 16.1. The molecule has 0 bridgehead atoms. The van der Waals surface area contributed by atoms with Gasteiger partial charge in [0.2, 0.25) is 5.91 Å². The molecule has 0 unspecified atom stereocenters. The van der Waals surface area contributed by atoms with Crippen LogP contribution < -0.4 is 5.32 Å². The van der Waals surface area contributed by atoms with E-state index in [9.17, 15) is 4.79 Å². The Kier molecular flexibility index (Phi) is 3.44. The summed E-state index contributed by atoms with van der Waals surface area (Å²) in [6, 6.07) is 0. The normalized spacial score (nSPS) is 8.11. The maximum Gasteiger partial charge on any atom is 0.246 e. The van der Waals surface area contributed by atoms with Crippen LogP contribution in [0.3, 0.4) is 0 Å². The molecule has 0 saturated heterocycles. The molecule has 0 aromatic heterocycles. The molecule has 0 aromatic carbocycles. The summed E-state index contributed by atoms with van der Waals surface area (Å²) >= 11 is 0. The molecule has 1 N–H and O–H groups in total. The fraction of sp³-hybridized carbons (Fsp3) is 0.286. The number of hydrogen-bond acceptors (Lipinski definition) is 1. The van der Waals surface area contributed by atoms with Crippen molar-refractivity contribution in [1.29, 1.82) is 0 Å². The number of rotatable bonds is 3. The van der Waals surface area contributed by atoms with Crippen LogP contribution in [0.4, 0.5) is 0 Å². The molecule has 2 heteroatoms. The number of carbonyl (C=O) groups excluding carboxylic acids is 1. The highest BCUT2D eigenvalue weighted by molar-refractivity contribution is 5.92. The maximum absolute atomic E-state index is 10.6. The topological polar surface area (TPSA) is 29.1 Å². The van der Waals surface area contributed by atoms with Gasteiger partial charge in [0.15, 0.2) is 0 Å². The first kappa shape index (κ1) is 7.95. The van der Waals surface area contributed by atoms with E-state index in [1.54, 1.807) is 13.1 Å². The molecule has 0 rings (SSSR count). The van der Waals surface area contributed by atoms with E-state index < -0.39 is 0 Å². The predicted molar refractivity (Wildman–Crippen MR) is 38.0 cm³/mol. The lowest BCUT2D eigenvalue weighted by molar-refractivity contribution is -0.117. The second kappa shape index (κ2) is 3.89. The molecule has 0 heterocycles. The van der Waals surface area contributed by atoms with Gasteiger partial charge in [-0.1, -0.05) is 12.7 Å². The van der Waals surface area contributed by atoms with Crippen LogP contribution in [-0.4, -0.2) is 13.0 Å². The van der Waals surface area contributed by atoms with Crippen molar-refractivity contribution in [3.63, 3.8) is 0 Å². The number of nitrogens with one attached hydrogen (secondary N) is 1. The predicted octanol–water partition coefficient (Wildman–Crippen LogP) is 0.865. The smallest absolute Gasteiger partial charge is 0.246 e. The number of likely N-dealkylation sites (N-methyl/N-ethyl adjacent to an activating group) is 1. The minimum absolute atomic E-state index is 0.116. The summed E-state index contributed by atoms with van der Waals surface area (Å²) in [6.45, 7) is 7.01. The summed E-state index contributed by atoms with van der Waals surface area (Å²) in [6.07, 6.45) is 2.21. The van der Waals surface area contributed by atoms with Crippen molar-refractivity contribution in [2.75, 3.05) is 7.05 Å². The molecule has 0 radical (unpaired) electrons. The second-order valence-electron chi connectivity index (χ2n) is 1.68. The number of allylic oxidation sites excluding steroid dienone is 1. The maximum atomic E-state index is 10.6. The minimum Gasteiger partial charge on any atom is -0.355 e. The van der Waals surface area contributed by atoms with Gasteiger partial charge in [-0.15, -0.1) is 6.58 Å². The van der Waals surface area contributed by atoms with E-state index in [4.69, 9.17) is 0 Å². The number of hydrogen-bond donors (Lipinski definition) is 1. The highest BCUT2D eigenvalue weighted by Gasteiger charge is 1.99. The van der Waals surface area contributed by atoms with Gasteiger partial charge in [0.25, 0.3) is 0 Å². The van der Waals surface area contributed by atoms with Crippen molar-refractivity contribution >= 4 is 5.91 Å². The van der Waals surface area contributed by atoms with Gasteiger partial charge in [-0.25, -0.2) is 0 Å². The Hall–Kier alpha value is -1.05. The zero-order valence-electron chi connectivity index (χ0n) is 5.61. The second-order valence-corrected chi connectivity index (χ2v) is 1.68. The van der Waals surface area contributed by atoms with Crippen LogP contribution in [0.2, 0.25) is 0 Å².